The number of hydrogen-bond donors (Lipinski definition) is 0. The molecular formula is C135H105N5. The summed E-state index contributed by atoms with van der Waals surface area (Å²) in [5.74, 6) is 0. The van der Waals surface area contributed by atoms with E-state index in [9.17, 15) is 0 Å². The summed E-state index contributed by atoms with van der Waals surface area (Å²) in [4.78, 5) is 11.8. The van der Waals surface area contributed by atoms with Crippen molar-refractivity contribution in [1.82, 2.24) is 0 Å². The van der Waals surface area contributed by atoms with E-state index in [0.29, 0.717) is 0 Å². The molecule has 0 unspecified atom stereocenters. The predicted octanol–water partition coefficient (Wildman–Crippen LogP) is 38.9. The van der Waals surface area contributed by atoms with Crippen LogP contribution in [0, 0.1) is 34.6 Å². The number of rotatable bonds is 15. The van der Waals surface area contributed by atoms with E-state index >= 15 is 0 Å². The zero-order chi connectivity index (χ0) is 94.6. The Hall–Kier alpha value is -17.9. The summed E-state index contributed by atoms with van der Waals surface area (Å²) in [6.07, 6.45) is 0. The molecule has 0 radical (unpaired) electrons. The number of aryl methyl sites for hydroxylation is 5. The highest BCUT2D eigenvalue weighted by Gasteiger charge is 2.23. The normalized spacial score (nSPS) is 11.0. The van der Waals surface area contributed by atoms with Gasteiger partial charge in [0, 0.05) is 84.7 Å². The van der Waals surface area contributed by atoms with Crippen molar-refractivity contribution in [3.05, 3.63) is 574 Å². The van der Waals surface area contributed by atoms with Gasteiger partial charge in [-0.1, -0.05) is 394 Å². The van der Waals surface area contributed by atoms with Gasteiger partial charge >= 0.3 is 0 Å². The molecule has 0 amide bonds. The number of nitrogens with zero attached hydrogens (tertiary/aromatic N) is 5. The smallest absolute Gasteiger partial charge is 0.0540 e. The van der Waals surface area contributed by atoms with Gasteiger partial charge in [-0.15, -0.1) is 0 Å². The van der Waals surface area contributed by atoms with Crippen molar-refractivity contribution in [2.75, 3.05) is 24.5 Å². The Morgan fingerprint density at radius 2 is 0.300 bits per heavy atom. The second-order valence-corrected chi connectivity index (χ2v) is 36.0. The van der Waals surface area contributed by atoms with Crippen LogP contribution in [-0.2, 0) is 0 Å². The number of hydrogen-bond acceptors (Lipinski definition) is 5. The fourth-order valence-corrected chi connectivity index (χ4v) is 19.3. The Morgan fingerprint density at radius 1 is 0.107 bits per heavy atom. The lowest BCUT2D eigenvalue weighted by molar-refractivity contribution is 1.26. The van der Waals surface area contributed by atoms with E-state index in [1.807, 2.05) is 0 Å². The van der Waals surface area contributed by atoms with Crippen molar-refractivity contribution in [3.63, 3.8) is 0 Å². The highest BCUT2D eigenvalue weighted by atomic mass is 15.2. The van der Waals surface area contributed by atoms with Crippen LogP contribution in [-0.4, -0.2) is 0 Å². The van der Waals surface area contributed by atoms with Crippen molar-refractivity contribution in [3.8, 4) is 0 Å². The van der Waals surface area contributed by atoms with E-state index in [0.717, 1.165) is 17.1 Å². The lowest BCUT2D eigenvalue weighted by Crippen LogP contribution is -2.11. The lowest BCUT2D eigenvalue weighted by Gasteiger charge is -2.28. The first-order chi connectivity index (χ1) is 68.9. The van der Waals surface area contributed by atoms with Gasteiger partial charge in [-0.25, -0.2) is 0 Å². The molecule has 25 rings (SSSR count). The van der Waals surface area contributed by atoms with Gasteiger partial charge in [0.05, 0.1) is 11.4 Å². The molecular weight excluding hydrogens is 1690 g/mol. The quantitative estimate of drug-likeness (QED) is 0.101. The van der Waals surface area contributed by atoms with E-state index in [2.05, 4.69) is 605 Å². The number of fused-ring (bicyclic) bond motifs is 10. The van der Waals surface area contributed by atoms with Crippen molar-refractivity contribution in [2.45, 2.75) is 34.6 Å². The summed E-state index contributed by atoms with van der Waals surface area (Å²) >= 11 is 0. The molecule has 0 spiro atoms. The molecule has 0 aliphatic carbocycles. The Balaban J connectivity index is 0.000000104. The average molecular weight is 1800 g/mol. The van der Waals surface area contributed by atoms with Crippen LogP contribution in [0.15, 0.2) is 546 Å². The molecule has 0 N–H and O–H groups in total. The number of anilines is 15. The van der Waals surface area contributed by atoms with E-state index in [-0.39, 0.29) is 0 Å². The maximum atomic E-state index is 2.38. The number of para-hydroxylation sites is 2. The van der Waals surface area contributed by atoms with Crippen molar-refractivity contribution in [1.29, 1.82) is 0 Å². The molecule has 5 nitrogen and oxygen atoms in total. The van der Waals surface area contributed by atoms with Gasteiger partial charge in [0.2, 0.25) is 0 Å². The Kier molecular flexibility index (Phi) is 25.8. The van der Waals surface area contributed by atoms with Crippen molar-refractivity contribution < 1.29 is 0 Å². The minimum atomic E-state index is 1.16. The van der Waals surface area contributed by atoms with Crippen LogP contribution in [0.4, 0.5) is 85.3 Å². The average Bonchev–Trinajstić information content (AvgIpc) is 0.757. The fraction of sp³-hybridized carbons (Fsp3) is 0.0370. The first-order valence-corrected chi connectivity index (χ1v) is 48.1. The molecule has 0 aliphatic rings. The van der Waals surface area contributed by atoms with Gasteiger partial charge in [0.1, 0.15) is 0 Å². The van der Waals surface area contributed by atoms with Gasteiger partial charge in [-0.3, -0.25) is 0 Å². The zero-order valence-corrected chi connectivity index (χ0v) is 79.2. The van der Waals surface area contributed by atoms with E-state index < -0.39 is 0 Å². The van der Waals surface area contributed by atoms with Crippen LogP contribution in [0.2, 0.25) is 0 Å². The van der Waals surface area contributed by atoms with E-state index in [4.69, 9.17) is 0 Å². The third kappa shape index (κ3) is 19.4. The number of benzene rings is 25. The maximum Gasteiger partial charge on any atom is 0.0540 e. The Morgan fingerprint density at radius 3 is 0.600 bits per heavy atom. The molecule has 0 saturated carbocycles. The topological polar surface area (TPSA) is 16.2 Å². The van der Waals surface area contributed by atoms with Crippen molar-refractivity contribution in [2.24, 2.45) is 0 Å². The minimum Gasteiger partial charge on any atom is -0.310 e. The summed E-state index contributed by atoms with van der Waals surface area (Å²) in [6, 6.07) is 195. The largest absolute Gasteiger partial charge is 0.310 e. The third-order valence-corrected chi connectivity index (χ3v) is 26.5. The highest BCUT2D eigenvalue weighted by molar-refractivity contribution is 6.04. The zero-order valence-electron chi connectivity index (χ0n) is 79.2. The minimum absolute atomic E-state index is 1.16. The molecule has 0 fully saturated rings. The van der Waals surface area contributed by atoms with Gasteiger partial charge < -0.3 is 24.5 Å². The standard InChI is InChI=1S/5C27H21N/c1-20-8-2-7-13-27(20)28(25-16-14-21-9-3-5-11-23(21)18-25)26-17-15-22-10-4-6-12-24(22)19-26;1-20-9-2-7-15-26(20)28(24-18-17-21-10-3-4-12-23(21)19-24)27-16-8-13-22-11-5-6-14-25(22)27;1-20-7-6-12-25(17-20)28(26-15-13-21-8-2-4-10-23(21)18-26)27-16-14-22-9-3-5-11-24(22)19-27;1-20-10-14-25(15-11-20)28(26-16-12-21-6-2-4-8-23(21)18-26)27-17-13-22-7-3-5-9-24(22)19-27;1-20-8-6-13-24(18-20)28(25-17-16-21-9-2-3-11-23(21)19-25)27-15-7-12-22-10-4-5-14-26(22)27/h5*2-19H,1H3. The van der Waals surface area contributed by atoms with Gasteiger partial charge in [-0.2, -0.15) is 0 Å². The van der Waals surface area contributed by atoms with Crippen LogP contribution in [0.25, 0.3) is 108 Å². The molecule has 670 valence electrons. The molecule has 25 aromatic rings. The van der Waals surface area contributed by atoms with Gasteiger partial charge in [-0.05, 0) is 312 Å². The second-order valence-electron chi connectivity index (χ2n) is 36.0. The summed E-state index contributed by atoms with van der Waals surface area (Å²) in [5.41, 5.74) is 23.9. The van der Waals surface area contributed by atoms with E-state index in [1.54, 1.807) is 0 Å². The molecule has 0 atom stereocenters. The molecule has 0 aromatic heterocycles. The highest BCUT2D eigenvalue weighted by Crippen LogP contribution is 2.47. The third-order valence-electron chi connectivity index (χ3n) is 26.5. The van der Waals surface area contributed by atoms with Crippen LogP contribution >= 0.6 is 0 Å². The molecule has 0 saturated heterocycles. The molecule has 25 aromatic carbocycles. The molecule has 5 heteroatoms. The van der Waals surface area contributed by atoms with Crippen LogP contribution in [0.3, 0.4) is 0 Å². The fourth-order valence-electron chi connectivity index (χ4n) is 19.3. The SMILES string of the molecule is Cc1ccc(N(c2ccc3ccccc3c2)c2ccc3ccccc3c2)cc1.Cc1cccc(N(c2ccc3ccccc3c2)c2ccc3ccccc3c2)c1.Cc1cccc(N(c2ccc3ccccc3c2)c2cccc3ccccc23)c1.Cc1ccccc1N(c1ccc2ccccc2c1)c1ccc2ccccc2c1.Cc1ccccc1N(c1ccc2ccccc2c1)c1cccc2ccccc12. The molecule has 0 aliphatic heterocycles. The maximum absolute atomic E-state index is 2.38. The van der Waals surface area contributed by atoms with Crippen LogP contribution in [0.5, 0.6) is 0 Å². The first-order valence-electron chi connectivity index (χ1n) is 48.1. The summed E-state index contributed by atoms with van der Waals surface area (Å²) < 4.78 is 0. The lowest BCUT2D eigenvalue weighted by atomic mass is 10.0. The monoisotopic (exact) mass is 1800 g/mol. The van der Waals surface area contributed by atoms with Gasteiger partial charge in [0.25, 0.3) is 0 Å². The summed E-state index contributed by atoms with van der Waals surface area (Å²) in [6.45, 7) is 10.8. The van der Waals surface area contributed by atoms with Crippen LogP contribution < -0.4 is 24.5 Å². The van der Waals surface area contributed by atoms with Crippen molar-refractivity contribution >= 4 is 193 Å². The summed E-state index contributed by atoms with van der Waals surface area (Å²) in [5, 5.41) is 25.1. The van der Waals surface area contributed by atoms with Gasteiger partial charge in [0.15, 0.2) is 0 Å². The molecule has 0 heterocycles. The molecule has 0 bridgehead atoms. The van der Waals surface area contributed by atoms with E-state index in [1.165, 1.54) is 204 Å². The first kappa shape index (κ1) is 88.7. The van der Waals surface area contributed by atoms with Crippen LogP contribution in [0.1, 0.15) is 27.8 Å². The Labute approximate surface area is 820 Å². The molecule has 140 heavy (non-hydrogen) atoms. The Bertz CT molecular complexity index is 8510. The summed E-state index contributed by atoms with van der Waals surface area (Å²) in [7, 11) is 0. The second kappa shape index (κ2) is 40.7. The predicted molar refractivity (Wildman–Crippen MR) is 604 cm³/mol.